The zero-order chi connectivity index (χ0) is 40.0. The summed E-state index contributed by atoms with van der Waals surface area (Å²) in [6, 6.07) is 0. The molecule has 0 bridgehead atoms. The Morgan fingerprint density at radius 1 is 0.574 bits per heavy atom. The van der Waals surface area contributed by atoms with Gasteiger partial charge in [-0.1, -0.05) is 134 Å². The summed E-state index contributed by atoms with van der Waals surface area (Å²) in [6.45, 7) is 3.20. The molecule has 1 saturated carbocycles. The molecular weight excluding hydrogens is 719 g/mol. The second kappa shape index (κ2) is 31.4. The largest absolute Gasteiger partial charge is 0.472 e. The Balaban J connectivity index is 2.52. The number of carbonyl (C=O) groups is 2. The molecule has 0 aromatic heterocycles. The molecule has 54 heavy (non-hydrogen) atoms. The maximum absolute atomic E-state index is 12.7. The van der Waals surface area contributed by atoms with E-state index in [1.165, 1.54) is 83.5 Å². The van der Waals surface area contributed by atoms with Crippen LogP contribution in [0, 0.1) is 0 Å². The van der Waals surface area contributed by atoms with E-state index in [2.05, 4.69) is 26.0 Å². The third-order valence-corrected chi connectivity index (χ3v) is 10.5. The number of hydrogen-bond acceptors (Lipinski definition) is 12. The van der Waals surface area contributed by atoms with Gasteiger partial charge < -0.3 is 39.9 Å². The summed E-state index contributed by atoms with van der Waals surface area (Å²) in [5.74, 6) is -1.16. The molecule has 0 radical (unpaired) electrons. The minimum atomic E-state index is -5.12. The van der Waals surface area contributed by atoms with Crippen molar-refractivity contribution in [2.75, 3.05) is 13.2 Å². The minimum Gasteiger partial charge on any atom is -0.462 e. The fraction of sp³-hybridized carbons (Fsp3) is 0.850. The smallest absolute Gasteiger partial charge is 0.462 e. The average molecular weight is 793 g/mol. The van der Waals surface area contributed by atoms with Crippen LogP contribution in [0.15, 0.2) is 24.3 Å². The standard InChI is InChI=1S/C40H73O13P/c1-3-5-7-9-11-13-14-15-16-17-18-19-20-21-23-25-27-29-34(42)52-32(30-50-33(41)28-26-24-22-12-10-8-6-4-2)31-51-54(48,49)53-40-38(46)36(44)35(43)37(45)39(40)47/h18-19,21,23,32,35-40,43-47H,3-17,20,22,24-31H2,1-2H3,(H,48,49)/b19-18+,23-21+/t32-,35?,36+,37?,38?,39?,40?/m1/s1. The molecule has 1 aliphatic carbocycles. The van der Waals surface area contributed by atoms with Crippen molar-refractivity contribution in [1.82, 2.24) is 0 Å². The second-order valence-corrected chi connectivity index (χ2v) is 15.9. The molecule has 0 heterocycles. The van der Waals surface area contributed by atoms with Gasteiger partial charge in [0, 0.05) is 12.8 Å². The van der Waals surface area contributed by atoms with Crippen LogP contribution in [0.3, 0.4) is 0 Å². The van der Waals surface area contributed by atoms with Gasteiger partial charge in [0.05, 0.1) is 6.61 Å². The Morgan fingerprint density at radius 2 is 1.02 bits per heavy atom. The molecular formula is C40H73O13P. The molecule has 0 aromatic carbocycles. The van der Waals surface area contributed by atoms with E-state index >= 15 is 0 Å². The number of rotatable bonds is 33. The summed E-state index contributed by atoms with van der Waals surface area (Å²) in [7, 11) is -5.12. The van der Waals surface area contributed by atoms with Crippen molar-refractivity contribution in [3.8, 4) is 0 Å². The molecule has 8 atom stereocenters. The van der Waals surface area contributed by atoms with E-state index in [-0.39, 0.29) is 12.8 Å². The van der Waals surface area contributed by atoms with Crippen LogP contribution in [0.5, 0.6) is 0 Å². The van der Waals surface area contributed by atoms with Crippen molar-refractivity contribution in [3.05, 3.63) is 24.3 Å². The van der Waals surface area contributed by atoms with Gasteiger partial charge in [-0.25, -0.2) is 4.57 Å². The molecule has 1 fully saturated rings. The number of aliphatic hydroxyl groups is 5. The Kier molecular flexibility index (Phi) is 29.3. The summed E-state index contributed by atoms with van der Waals surface area (Å²) in [6.07, 6.45) is 18.5. The Morgan fingerprint density at radius 3 is 1.56 bits per heavy atom. The summed E-state index contributed by atoms with van der Waals surface area (Å²) in [5, 5.41) is 49.9. The van der Waals surface area contributed by atoms with Crippen molar-refractivity contribution >= 4 is 19.8 Å². The number of unbranched alkanes of at least 4 members (excludes halogenated alkanes) is 17. The van der Waals surface area contributed by atoms with E-state index in [4.69, 9.17) is 18.5 Å². The quantitative estimate of drug-likeness (QED) is 0.0173. The summed E-state index contributed by atoms with van der Waals surface area (Å²) >= 11 is 0. The topological polar surface area (TPSA) is 210 Å². The van der Waals surface area contributed by atoms with E-state index in [1.54, 1.807) is 0 Å². The number of carbonyl (C=O) groups excluding carboxylic acids is 2. The molecule has 0 aliphatic heterocycles. The molecule has 6 unspecified atom stereocenters. The van der Waals surface area contributed by atoms with Crippen molar-refractivity contribution in [3.63, 3.8) is 0 Å². The van der Waals surface area contributed by atoms with Gasteiger partial charge >= 0.3 is 19.8 Å². The number of hydrogen-bond donors (Lipinski definition) is 6. The fourth-order valence-corrected chi connectivity index (χ4v) is 7.12. The second-order valence-electron chi connectivity index (χ2n) is 14.5. The number of allylic oxidation sites excluding steroid dienone is 4. The van der Waals surface area contributed by atoms with Crippen LogP contribution in [0.1, 0.15) is 162 Å². The molecule has 14 heteroatoms. The predicted octanol–water partition coefficient (Wildman–Crippen LogP) is 6.89. The van der Waals surface area contributed by atoms with Crippen LogP contribution in [0.25, 0.3) is 0 Å². The predicted molar refractivity (Wildman–Crippen MR) is 207 cm³/mol. The maximum atomic E-state index is 12.7. The van der Waals surface area contributed by atoms with Gasteiger partial charge in [0.25, 0.3) is 0 Å². The summed E-state index contributed by atoms with van der Waals surface area (Å²) < 4.78 is 33.3. The molecule has 6 N–H and O–H groups in total. The lowest BCUT2D eigenvalue weighted by Crippen LogP contribution is -2.64. The number of phosphoric acid groups is 1. The molecule has 0 aromatic rings. The maximum Gasteiger partial charge on any atom is 0.472 e. The molecule has 0 amide bonds. The Hall–Kier alpha value is -1.67. The molecule has 13 nitrogen and oxygen atoms in total. The van der Waals surface area contributed by atoms with Gasteiger partial charge in [-0.2, -0.15) is 0 Å². The average Bonchev–Trinajstić information content (AvgIpc) is 3.15. The van der Waals surface area contributed by atoms with Crippen LogP contribution in [-0.4, -0.2) is 98.3 Å². The van der Waals surface area contributed by atoms with Gasteiger partial charge in [0.1, 0.15) is 43.2 Å². The van der Waals surface area contributed by atoms with Gasteiger partial charge in [-0.05, 0) is 38.5 Å². The molecule has 1 rings (SSSR count). The highest BCUT2D eigenvalue weighted by Crippen LogP contribution is 2.47. The molecule has 1 aliphatic rings. The van der Waals surface area contributed by atoms with Crippen molar-refractivity contribution in [2.24, 2.45) is 0 Å². The third-order valence-electron chi connectivity index (χ3n) is 9.55. The highest BCUT2D eigenvalue weighted by Gasteiger charge is 2.51. The summed E-state index contributed by atoms with van der Waals surface area (Å²) in [4.78, 5) is 35.4. The molecule has 316 valence electrons. The monoisotopic (exact) mass is 792 g/mol. The van der Waals surface area contributed by atoms with Gasteiger partial charge in [0.2, 0.25) is 0 Å². The third kappa shape index (κ3) is 24.1. The normalized spacial score (nSPS) is 23.5. The van der Waals surface area contributed by atoms with Gasteiger partial charge in [0.15, 0.2) is 6.10 Å². The number of esters is 2. The van der Waals surface area contributed by atoms with Crippen molar-refractivity contribution in [2.45, 2.75) is 204 Å². The zero-order valence-electron chi connectivity index (χ0n) is 33.0. The first-order chi connectivity index (χ1) is 25.9. The fourth-order valence-electron chi connectivity index (χ4n) is 6.15. The van der Waals surface area contributed by atoms with Gasteiger partial charge in [-0.15, -0.1) is 0 Å². The Bertz CT molecular complexity index is 1050. The van der Waals surface area contributed by atoms with E-state index in [1.807, 2.05) is 12.2 Å². The lowest BCUT2D eigenvalue weighted by molar-refractivity contribution is -0.220. The number of phosphoric ester groups is 1. The lowest BCUT2D eigenvalue weighted by Gasteiger charge is -2.41. The first-order valence-corrected chi connectivity index (χ1v) is 22.1. The molecule has 0 saturated heterocycles. The van der Waals surface area contributed by atoms with E-state index in [0.717, 1.165) is 32.1 Å². The van der Waals surface area contributed by atoms with E-state index in [9.17, 15) is 44.6 Å². The molecule has 0 spiro atoms. The van der Waals surface area contributed by atoms with Crippen LogP contribution >= 0.6 is 7.82 Å². The first kappa shape index (κ1) is 50.3. The Labute approximate surface area is 324 Å². The minimum absolute atomic E-state index is 0.0351. The van der Waals surface area contributed by atoms with E-state index in [0.29, 0.717) is 19.3 Å². The van der Waals surface area contributed by atoms with Crippen molar-refractivity contribution in [1.29, 1.82) is 0 Å². The van der Waals surface area contributed by atoms with E-state index < -0.39 is 75.7 Å². The van der Waals surface area contributed by atoms with Gasteiger partial charge in [-0.3, -0.25) is 18.6 Å². The highest BCUT2D eigenvalue weighted by molar-refractivity contribution is 7.47. The van der Waals surface area contributed by atoms with Crippen molar-refractivity contribution < 1.29 is 63.1 Å². The van der Waals surface area contributed by atoms with Crippen LogP contribution < -0.4 is 0 Å². The van der Waals surface area contributed by atoms with Crippen LogP contribution in [0.4, 0.5) is 0 Å². The number of aliphatic hydroxyl groups excluding tert-OH is 5. The SMILES string of the molecule is CCCCCCCCCCC/C=C/C/C=C/CCCC(=O)O[C@H](COC(=O)CCCCCCCCCC)COP(=O)(O)OC1C(O)C(O)C(O)[C@H](O)C1O. The number of ether oxygens (including phenoxy) is 2. The summed E-state index contributed by atoms with van der Waals surface area (Å²) in [5.41, 5.74) is 0. The zero-order valence-corrected chi connectivity index (χ0v) is 33.9. The van der Waals surface area contributed by atoms with Crippen LogP contribution in [-0.2, 0) is 32.7 Å². The lowest BCUT2D eigenvalue weighted by atomic mass is 9.85. The van der Waals surface area contributed by atoms with Crippen LogP contribution in [0.2, 0.25) is 0 Å². The first-order valence-electron chi connectivity index (χ1n) is 20.6. The highest BCUT2D eigenvalue weighted by atomic mass is 31.2.